The van der Waals surface area contributed by atoms with Crippen LogP contribution in [0.25, 0.3) is 44.8 Å². The van der Waals surface area contributed by atoms with Gasteiger partial charge in [0.05, 0.1) is 11.1 Å². The predicted octanol–water partition coefficient (Wildman–Crippen LogP) is 14.0. The van der Waals surface area contributed by atoms with E-state index in [1.165, 1.54) is 83.2 Å². The number of nitrogens with zero attached hydrogens (tertiary/aromatic N) is 1. The van der Waals surface area contributed by atoms with Crippen molar-refractivity contribution in [3.8, 4) is 11.1 Å². The average molecular weight is 718 g/mol. The zero-order chi connectivity index (χ0) is 37.2. The summed E-state index contributed by atoms with van der Waals surface area (Å²) in [6.45, 7) is 0. The molecule has 1 nitrogen and oxygen atoms in total. The second-order valence-corrected chi connectivity index (χ2v) is 15.0. The van der Waals surface area contributed by atoms with Gasteiger partial charge in [-0.15, -0.1) is 0 Å². The Hall–Kier alpha value is -7.03. The molecule has 0 heterocycles. The van der Waals surface area contributed by atoms with Crippen LogP contribution < -0.4 is 4.90 Å². The van der Waals surface area contributed by atoms with Crippen LogP contribution in [0, 0.1) is 5.82 Å². The maximum absolute atomic E-state index is 15.3. The van der Waals surface area contributed by atoms with Crippen molar-refractivity contribution < 1.29 is 4.39 Å². The first-order valence-corrected chi connectivity index (χ1v) is 19.3. The number of anilines is 3. The highest BCUT2D eigenvalue weighted by Gasteiger charge is 2.45. The molecule has 0 atom stereocenters. The van der Waals surface area contributed by atoms with Crippen LogP contribution in [-0.4, -0.2) is 0 Å². The molecule has 0 saturated carbocycles. The van der Waals surface area contributed by atoms with E-state index in [-0.39, 0.29) is 5.82 Å². The Morgan fingerprint density at radius 3 is 1.82 bits per heavy atom. The van der Waals surface area contributed by atoms with Gasteiger partial charge in [-0.25, -0.2) is 4.39 Å². The average Bonchev–Trinajstić information content (AvgIpc) is 3.77. The molecule has 0 bridgehead atoms. The summed E-state index contributed by atoms with van der Waals surface area (Å²) >= 11 is 0. The Morgan fingerprint density at radius 2 is 1.07 bits per heavy atom. The van der Waals surface area contributed by atoms with E-state index >= 15 is 4.39 Å². The second-order valence-electron chi connectivity index (χ2n) is 15.0. The van der Waals surface area contributed by atoms with Crippen molar-refractivity contribution in [2.75, 3.05) is 4.90 Å². The van der Waals surface area contributed by atoms with Crippen molar-refractivity contribution in [2.24, 2.45) is 0 Å². The number of benzene rings is 9. The maximum Gasteiger partial charge on any atom is 0.147 e. The number of rotatable bonds is 7. The van der Waals surface area contributed by atoms with Gasteiger partial charge in [0.15, 0.2) is 0 Å². The first-order valence-electron chi connectivity index (χ1n) is 19.3. The Bertz CT molecular complexity index is 2960. The van der Waals surface area contributed by atoms with Gasteiger partial charge in [-0.1, -0.05) is 158 Å². The van der Waals surface area contributed by atoms with Crippen LogP contribution in [0.3, 0.4) is 0 Å². The molecule has 0 spiro atoms. The summed E-state index contributed by atoms with van der Waals surface area (Å²) < 4.78 is 15.3. The smallest absolute Gasteiger partial charge is 0.147 e. The van der Waals surface area contributed by atoms with Gasteiger partial charge in [0, 0.05) is 11.4 Å². The topological polar surface area (TPSA) is 3.24 Å². The van der Waals surface area contributed by atoms with Crippen LogP contribution in [-0.2, 0) is 11.8 Å². The summed E-state index contributed by atoms with van der Waals surface area (Å²) in [6.07, 6.45) is 5.36. The Kier molecular flexibility index (Phi) is 7.40. The third-order valence-electron chi connectivity index (χ3n) is 11.9. The highest BCUT2D eigenvalue weighted by atomic mass is 19.1. The summed E-state index contributed by atoms with van der Waals surface area (Å²) in [4.78, 5) is 2.01. The molecule has 2 aliphatic rings. The lowest BCUT2D eigenvalue weighted by atomic mass is 9.67. The molecule has 9 aromatic carbocycles. The molecular formula is C54H36FN. The molecule has 0 radical (unpaired) electrons. The molecule has 2 aliphatic carbocycles. The van der Waals surface area contributed by atoms with Crippen LogP contribution in [0.2, 0.25) is 0 Å². The minimum Gasteiger partial charge on any atom is -0.308 e. The molecule has 2 heteroatoms. The summed E-state index contributed by atoms with van der Waals surface area (Å²) in [5.74, 6) is -0.250. The SMILES string of the molecule is Fc1ccccc1N(c1ccccc1)c1ccc2c(c1)Cc1cc(C=Cc3cc4c5c(ccc6cccc(c65)C4(c4ccccc4)c4ccccc4)c3)ccc1-2. The van der Waals surface area contributed by atoms with Gasteiger partial charge in [0.1, 0.15) is 5.82 Å². The molecule has 264 valence electrons. The summed E-state index contributed by atoms with van der Waals surface area (Å²) in [7, 11) is 0. The summed E-state index contributed by atoms with van der Waals surface area (Å²) in [5, 5.41) is 5.24. The van der Waals surface area contributed by atoms with Crippen LogP contribution in [0.15, 0.2) is 194 Å². The molecule has 9 aromatic rings. The standard InChI is InChI=1S/C54H36FN/c55-50-21-10-11-22-51(50)56(44-18-8-3-9-19-44)45-28-30-47-41(35-45)34-40-31-36(25-29-46(40)47)23-24-37-32-39-27-26-38-13-12-20-48-52(38)53(39)49(33-37)54(48,42-14-4-1-5-15-42)43-16-6-2-7-17-43/h1-33,35H,34H2. The molecule has 56 heavy (non-hydrogen) atoms. The first-order chi connectivity index (χ1) is 27.7. The fourth-order valence-electron chi connectivity index (χ4n) is 9.57. The van der Waals surface area contributed by atoms with Gasteiger partial charge in [0.25, 0.3) is 0 Å². The van der Waals surface area contributed by atoms with E-state index in [4.69, 9.17) is 0 Å². The van der Waals surface area contributed by atoms with Gasteiger partial charge in [-0.2, -0.15) is 0 Å². The minimum atomic E-state index is -0.436. The Morgan fingerprint density at radius 1 is 0.446 bits per heavy atom. The van der Waals surface area contributed by atoms with Crippen LogP contribution in [0.5, 0.6) is 0 Å². The molecular weight excluding hydrogens is 682 g/mol. The van der Waals surface area contributed by atoms with Crippen molar-refractivity contribution in [2.45, 2.75) is 11.8 Å². The van der Waals surface area contributed by atoms with E-state index in [9.17, 15) is 0 Å². The van der Waals surface area contributed by atoms with Gasteiger partial charge < -0.3 is 4.90 Å². The van der Waals surface area contributed by atoms with Crippen molar-refractivity contribution in [3.63, 3.8) is 0 Å². The van der Waals surface area contributed by atoms with Crippen LogP contribution in [0.1, 0.15) is 44.5 Å². The number of hydrogen-bond acceptors (Lipinski definition) is 1. The molecule has 0 amide bonds. The van der Waals surface area contributed by atoms with E-state index < -0.39 is 5.41 Å². The fraction of sp³-hybridized carbons (Fsp3) is 0.0370. The van der Waals surface area contributed by atoms with E-state index in [1.807, 2.05) is 47.4 Å². The lowest BCUT2D eigenvalue weighted by Gasteiger charge is -2.34. The minimum absolute atomic E-state index is 0.250. The summed E-state index contributed by atoms with van der Waals surface area (Å²) in [5.41, 5.74) is 14.6. The Labute approximate surface area is 326 Å². The summed E-state index contributed by atoms with van der Waals surface area (Å²) in [6, 6.07) is 68.6. The predicted molar refractivity (Wildman–Crippen MR) is 232 cm³/mol. The normalized spacial score (nSPS) is 13.4. The molecule has 0 aliphatic heterocycles. The lowest BCUT2D eigenvalue weighted by Crippen LogP contribution is -2.28. The van der Waals surface area contributed by atoms with Gasteiger partial charge in [-0.05, 0) is 132 Å². The van der Waals surface area contributed by atoms with E-state index in [2.05, 4.69) is 152 Å². The molecule has 0 unspecified atom stereocenters. The number of halogens is 1. The second kappa shape index (κ2) is 12.8. The van der Waals surface area contributed by atoms with E-state index in [0.29, 0.717) is 5.69 Å². The highest BCUT2D eigenvalue weighted by Crippen LogP contribution is 2.56. The third kappa shape index (κ3) is 4.92. The fourth-order valence-corrected chi connectivity index (χ4v) is 9.57. The Balaban J connectivity index is 0.974. The third-order valence-corrected chi connectivity index (χ3v) is 11.9. The van der Waals surface area contributed by atoms with Crippen LogP contribution >= 0.6 is 0 Å². The largest absolute Gasteiger partial charge is 0.308 e. The molecule has 0 N–H and O–H groups in total. The van der Waals surface area contributed by atoms with Crippen molar-refractivity contribution in [3.05, 3.63) is 244 Å². The highest BCUT2D eigenvalue weighted by molar-refractivity contribution is 6.16. The van der Waals surface area contributed by atoms with Gasteiger partial charge in [0.2, 0.25) is 0 Å². The van der Waals surface area contributed by atoms with Crippen LogP contribution in [0.4, 0.5) is 21.5 Å². The monoisotopic (exact) mass is 717 g/mol. The zero-order valence-electron chi connectivity index (χ0n) is 30.7. The van der Waals surface area contributed by atoms with Crippen molar-refractivity contribution in [1.29, 1.82) is 0 Å². The number of hydrogen-bond donors (Lipinski definition) is 0. The molecule has 0 saturated heterocycles. The molecule has 11 rings (SSSR count). The van der Waals surface area contributed by atoms with Gasteiger partial charge >= 0.3 is 0 Å². The molecule has 0 fully saturated rings. The number of para-hydroxylation sites is 2. The number of fused-ring (bicyclic) bond motifs is 3. The van der Waals surface area contributed by atoms with Crippen molar-refractivity contribution >= 4 is 50.8 Å². The van der Waals surface area contributed by atoms with Crippen molar-refractivity contribution in [1.82, 2.24) is 0 Å². The van der Waals surface area contributed by atoms with E-state index in [0.717, 1.165) is 17.8 Å². The first kappa shape index (κ1) is 32.4. The quantitative estimate of drug-likeness (QED) is 0.117. The zero-order valence-corrected chi connectivity index (χ0v) is 30.7. The van der Waals surface area contributed by atoms with Gasteiger partial charge in [-0.3, -0.25) is 0 Å². The van der Waals surface area contributed by atoms with E-state index in [1.54, 1.807) is 6.07 Å². The lowest BCUT2D eigenvalue weighted by molar-refractivity contribution is 0.629. The maximum atomic E-state index is 15.3. The molecule has 0 aromatic heterocycles.